The third kappa shape index (κ3) is 4.63. The molecule has 0 aliphatic carbocycles. The maximum Gasteiger partial charge on any atom is 0.271 e. The summed E-state index contributed by atoms with van der Waals surface area (Å²) in [6, 6.07) is 4.04. The van der Waals surface area contributed by atoms with Crippen molar-refractivity contribution in [1.82, 2.24) is 9.88 Å². The summed E-state index contributed by atoms with van der Waals surface area (Å²) in [6.45, 7) is 3.23. The van der Waals surface area contributed by atoms with Crippen LogP contribution in [0.25, 0.3) is 10.6 Å². The SMILES string of the molecule is Cc1nc(-c2csc(S(=O)(=O)Nc3ccc(F)cc3F)c2)sc1C(=O)N1CCCCC1. The van der Waals surface area contributed by atoms with E-state index in [-0.39, 0.29) is 15.8 Å². The van der Waals surface area contributed by atoms with E-state index in [1.165, 1.54) is 17.4 Å². The van der Waals surface area contributed by atoms with Crippen molar-refractivity contribution in [3.63, 3.8) is 0 Å². The zero-order valence-electron chi connectivity index (χ0n) is 16.5. The molecule has 3 aromatic rings. The molecule has 0 bridgehead atoms. The second kappa shape index (κ2) is 8.64. The molecule has 0 spiro atoms. The van der Waals surface area contributed by atoms with E-state index in [1.54, 1.807) is 12.3 Å². The number of halogens is 2. The standard InChI is InChI=1S/C20H19F2N3O3S3/c1-12-18(20(26)25-7-3-2-4-8-25)30-19(23-12)13-9-17(29-11-13)31(27,28)24-16-6-5-14(21)10-15(16)22/h5-6,9-11,24H,2-4,7-8H2,1H3. The minimum Gasteiger partial charge on any atom is -0.338 e. The van der Waals surface area contributed by atoms with E-state index >= 15 is 0 Å². The topological polar surface area (TPSA) is 79.4 Å². The quantitative estimate of drug-likeness (QED) is 0.561. The first-order valence-corrected chi connectivity index (χ1v) is 12.8. The molecule has 1 amide bonds. The first-order chi connectivity index (χ1) is 14.7. The molecule has 3 heterocycles. The maximum absolute atomic E-state index is 13.8. The lowest BCUT2D eigenvalue weighted by Gasteiger charge is -2.26. The van der Waals surface area contributed by atoms with Crippen LogP contribution in [0.15, 0.2) is 33.9 Å². The van der Waals surface area contributed by atoms with Gasteiger partial charge in [0.25, 0.3) is 15.9 Å². The van der Waals surface area contributed by atoms with Crippen LogP contribution in [0.2, 0.25) is 0 Å². The minimum atomic E-state index is -4.06. The maximum atomic E-state index is 13.8. The van der Waals surface area contributed by atoms with Crippen molar-refractivity contribution in [2.75, 3.05) is 17.8 Å². The Morgan fingerprint density at radius 3 is 2.61 bits per heavy atom. The van der Waals surface area contributed by atoms with E-state index in [1.807, 2.05) is 4.90 Å². The van der Waals surface area contributed by atoms with Crippen LogP contribution < -0.4 is 4.72 Å². The first-order valence-electron chi connectivity index (χ1n) is 9.58. The van der Waals surface area contributed by atoms with Gasteiger partial charge in [0.2, 0.25) is 0 Å². The Labute approximate surface area is 186 Å². The predicted molar refractivity (Wildman–Crippen MR) is 117 cm³/mol. The van der Waals surface area contributed by atoms with Crippen molar-refractivity contribution < 1.29 is 22.0 Å². The number of rotatable bonds is 5. The van der Waals surface area contributed by atoms with Crippen LogP contribution in [-0.4, -0.2) is 37.3 Å². The molecule has 1 saturated heterocycles. The Hall–Kier alpha value is -2.37. The number of aromatic nitrogens is 1. The summed E-state index contributed by atoms with van der Waals surface area (Å²) in [5.74, 6) is -1.85. The summed E-state index contributed by atoms with van der Waals surface area (Å²) in [7, 11) is -4.06. The van der Waals surface area contributed by atoms with Crippen LogP contribution in [0.3, 0.4) is 0 Å². The summed E-state index contributed by atoms with van der Waals surface area (Å²) in [4.78, 5) is 19.7. The summed E-state index contributed by atoms with van der Waals surface area (Å²) in [5.41, 5.74) is 0.837. The molecule has 1 aliphatic rings. The van der Waals surface area contributed by atoms with Crippen molar-refractivity contribution in [2.45, 2.75) is 30.4 Å². The van der Waals surface area contributed by atoms with Gasteiger partial charge in [0.05, 0.1) is 11.4 Å². The molecule has 6 nitrogen and oxygen atoms in total. The van der Waals surface area contributed by atoms with E-state index in [0.29, 0.717) is 27.2 Å². The number of amides is 1. The highest BCUT2D eigenvalue weighted by atomic mass is 32.2. The number of likely N-dealkylation sites (tertiary alicyclic amines) is 1. The van der Waals surface area contributed by atoms with E-state index < -0.39 is 21.7 Å². The Kier molecular flexibility index (Phi) is 6.09. The number of nitrogens with one attached hydrogen (secondary N) is 1. The number of nitrogens with zero attached hydrogens (tertiary/aromatic N) is 2. The highest BCUT2D eigenvalue weighted by Crippen LogP contribution is 2.34. The van der Waals surface area contributed by atoms with Crippen molar-refractivity contribution >= 4 is 44.3 Å². The molecular weight excluding hydrogens is 464 g/mol. The first kappa shape index (κ1) is 21.8. The number of hydrogen-bond acceptors (Lipinski definition) is 6. The van der Waals surface area contributed by atoms with Crippen LogP contribution in [0.5, 0.6) is 0 Å². The van der Waals surface area contributed by atoms with Gasteiger partial charge in [0, 0.05) is 30.1 Å². The molecule has 1 aliphatic heterocycles. The van der Waals surface area contributed by atoms with E-state index in [2.05, 4.69) is 9.71 Å². The number of sulfonamides is 1. The number of piperidine rings is 1. The van der Waals surface area contributed by atoms with Gasteiger partial charge in [-0.05, 0) is 44.4 Å². The zero-order valence-corrected chi connectivity index (χ0v) is 19.0. The smallest absolute Gasteiger partial charge is 0.271 e. The zero-order chi connectivity index (χ0) is 22.2. The Morgan fingerprint density at radius 2 is 1.90 bits per heavy atom. The molecule has 1 fully saturated rings. The van der Waals surface area contributed by atoms with Crippen molar-refractivity contribution in [3.8, 4) is 10.6 Å². The molecule has 1 aromatic carbocycles. The number of aryl methyl sites for hydroxylation is 1. The number of carbonyl (C=O) groups excluding carboxylic acids is 1. The lowest BCUT2D eigenvalue weighted by Crippen LogP contribution is -2.35. The molecule has 31 heavy (non-hydrogen) atoms. The highest BCUT2D eigenvalue weighted by molar-refractivity contribution is 7.94. The van der Waals surface area contributed by atoms with Crippen molar-refractivity contribution in [2.24, 2.45) is 0 Å². The number of benzene rings is 1. The van der Waals surface area contributed by atoms with Crippen LogP contribution in [0.1, 0.15) is 34.6 Å². The van der Waals surface area contributed by atoms with Crippen molar-refractivity contribution in [1.29, 1.82) is 0 Å². The van der Waals surface area contributed by atoms with Gasteiger partial charge in [-0.25, -0.2) is 22.2 Å². The average Bonchev–Trinajstić information content (AvgIpc) is 3.38. The van der Waals surface area contributed by atoms with Gasteiger partial charge in [-0.2, -0.15) is 0 Å². The second-order valence-corrected chi connectivity index (χ2v) is 11.0. The average molecular weight is 484 g/mol. The lowest BCUT2D eigenvalue weighted by molar-refractivity contribution is 0.0728. The second-order valence-electron chi connectivity index (χ2n) is 7.17. The monoisotopic (exact) mass is 483 g/mol. The largest absolute Gasteiger partial charge is 0.338 e. The Balaban J connectivity index is 1.56. The molecule has 0 atom stereocenters. The number of anilines is 1. The lowest BCUT2D eigenvalue weighted by atomic mass is 10.1. The number of hydrogen-bond donors (Lipinski definition) is 1. The third-order valence-electron chi connectivity index (χ3n) is 4.90. The molecule has 0 unspecified atom stereocenters. The third-order valence-corrected chi connectivity index (χ3v) is 8.90. The van der Waals surface area contributed by atoms with Crippen LogP contribution in [0.4, 0.5) is 14.5 Å². The molecule has 0 saturated carbocycles. The molecule has 0 radical (unpaired) electrons. The fourth-order valence-corrected chi connectivity index (χ4v) is 6.62. The van der Waals surface area contributed by atoms with Gasteiger partial charge in [0.15, 0.2) is 0 Å². The molecule has 4 rings (SSSR count). The summed E-state index contributed by atoms with van der Waals surface area (Å²) >= 11 is 2.19. The highest BCUT2D eigenvalue weighted by Gasteiger charge is 2.25. The van der Waals surface area contributed by atoms with E-state index in [0.717, 1.165) is 55.8 Å². The van der Waals surface area contributed by atoms with Gasteiger partial charge < -0.3 is 4.90 Å². The molecule has 164 valence electrons. The summed E-state index contributed by atoms with van der Waals surface area (Å²) in [6.07, 6.45) is 3.10. The Bertz CT molecular complexity index is 1230. The Morgan fingerprint density at radius 1 is 1.16 bits per heavy atom. The minimum absolute atomic E-state index is 0.0389. The number of carbonyl (C=O) groups is 1. The number of thiazole rings is 1. The van der Waals surface area contributed by atoms with E-state index in [9.17, 15) is 22.0 Å². The summed E-state index contributed by atoms with van der Waals surface area (Å²) in [5, 5.41) is 2.17. The van der Waals surface area contributed by atoms with Gasteiger partial charge in [0.1, 0.15) is 25.7 Å². The van der Waals surface area contributed by atoms with Gasteiger partial charge in [-0.15, -0.1) is 22.7 Å². The molecular formula is C20H19F2N3O3S3. The normalized spacial score (nSPS) is 14.6. The summed E-state index contributed by atoms with van der Waals surface area (Å²) < 4.78 is 54.3. The van der Waals surface area contributed by atoms with Crippen LogP contribution in [-0.2, 0) is 10.0 Å². The van der Waals surface area contributed by atoms with E-state index in [4.69, 9.17) is 0 Å². The molecule has 11 heteroatoms. The van der Waals surface area contributed by atoms with Gasteiger partial charge >= 0.3 is 0 Å². The molecule has 2 aromatic heterocycles. The number of thiophene rings is 1. The predicted octanol–water partition coefficient (Wildman–Crippen LogP) is 4.89. The fourth-order valence-electron chi connectivity index (χ4n) is 3.30. The van der Waals surface area contributed by atoms with Gasteiger partial charge in [-0.1, -0.05) is 0 Å². The van der Waals surface area contributed by atoms with Crippen LogP contribution in [0, 0.1) is 18.6 Å². The van der Waals surface area contributed by atoms with Crippen molar-refractivity contribution in [3.05, 3.63) is 51.9 Å². The molecule has 1 N–H and O–H groups in total. The fraction of sp³-hybridized carbons (Fsp3) is 0.300. The van der Waals surface area contributed by atoms with Crippen LogP contribution >= 0.6 is 22.7 Å². The van der Waals surface area contributed by atoms with Gasteiger partial charge in [-0.3, -0.25) is 9.52 Å².